The van der Waals surface area contributed by atoms with E-state index in [9.17, 15) is 9.18 Å². The molecule has 1 atom stereocenters. The molecule has 0 aliphatic carbocycles. The molecule has 0 saturated carbocycles. The fourth-order valence-corrected chi connectivity index (χ4v) is 4.34. The van der Waals surface area contributed by atoms with E-state index >= 15 is 0 Å². The lowest BCUT2D eigenvalue weighted by Crippen LogP contribution is -2.40. The van der Waals surface area contributed by atoms with E-state index in [0.29, 0.717) is 23.9 Å². The lowest BCUT2D eigenvalue weighted by molar-refractivity contribution is -0.117. The first kappa shape index (κ1) is 20.7. The number of nitrogens with one attached hydrogen (secondary N) is 1. The van der Waals surface area contributed by atoms with Crippen LogP contribution in [0.4, 0.5) is 10.2 Å². The lowest BCUT2D eigenvalue weighted by Gasteiger charge is -2.26. The highest BCUT2D eigenvalue weighted by Crippen LogP contribution is 2.40. The minimum atomic E-state index is -0.311. The Bertz CT molecular complexity index is 1350. The molecule has 2 aromatic heterocycles. The molecule has 0 spiro atoms. The topological polar surface area (TPSA) is 95.1 Å². The van der Waals surface area contributed by atoms with Crippen LogP contribution in [0.15, 0.2) is 67.5 Å². The summed E-state index contributed by atoms with van der Waals surface area (Å²) in [5, 5.41) is 3.78. The van der Waals surface area contributed by atoms with Gasteiger partial charge in [-0.05, 0) is 60.9 Å². The second-order valence-corrected chi connectivity index (χ2v) is 7.92. The van der Waals surface area contributed by atoms with Crippen molar-refractivity contribution in [1.82, 2.24) is 19.9 Å². The number of carbonyl (C=O) groups is 1. The Morgan fingerprint density at radius 3 is 2.55 bits per heavy atom. The van der Waals surface area contributed by atoms with Crippen molar-refractivity contribution in [3.63, 3.8) is 0 Å². The molecule has 4 aromatic rings. The molecular formula is C25H22FN5O2. The number of nitrogens with two attached hydrogens (primary N) is 1. The number of hydrogen-bond acceptors (Lipinski definition) is 5. The highest BCUT2D eigenvalue weighted by molar-refractivity contribution is 6.02. The third-order valence-corrected chi connectivity index (χ3v) is 5.83. The van der Waals surface area contributed by atoms with Gasteiger partial charge in [0.25, 0.3) is 0 Å². The average Bonchev–Trinajstić information content (AvgIpc) is 3.16. The molecule has 1 amide bonds. The van der Waals surface area contributed by atoms with Crippen LogP contribution in [0.2, 0.25) is 0 Å². The van der Waals surface area contributed by atoms with Gasteiger partial charge in [0.1, 0.15) is 35.1 Å². The summed E-state index contributed by atoms with van der Waals surface area (Å²) in [5.74, 6) is 1.11. The summed E-state index contributed by atoms with van der Waals surface area (Å²) in [6, 6.07) is 13.5. The summed E-state index contributed by atoms with van der Waals surface area (Å²) in [4.78, 5) is 20.5. The van der Waals surface area contributed by atoms with E-state index < -0.39 is 0 Å². The maximum absolute atomic E-state index is 13.1. The Hall–Kier alpha value is -4.20. The third kappa shape index (κ3) is 3.91. The van der Waals surface area contributed by atoms with Gasteiger partial charge in [-0.2, -0.15) is 0 Å². The van der Waals surface area contributed by atoms with Crippen molar-refractivity contribution < 1.29 is 13.9 Å². The normalized spacial score (nSPS) is 15.1. The van der Waals surface area contributed by atoms with Crippen LogP contribution in [-0.4, -0.2) is 26.5 Å². The Morgan fingerprint density at radius 1 is 1.15 bits per heavy atom. The van der Waals surface area contributed by atoms with Crippen molar-refractivity contribution in [2.45, 2.75) is 25.4 Å². The second kappa shape index (κ2) is 8.38. The summed E-state index contributed by atoms with van der Waals surface area (Å²) < 4.78 is 21.1. The van der Waals surface area contributed by atoms with Gasteiger partial charge in [-0.15, -0.1) is 0 Å². The van der Waals surface area contributed by atoms with E-state index in [-0.39, 0.29) is 17.8 Å². The molecular weight excluding hydrogens is 421 g/mol. The molecule has 7 nitrogen and oxygen atoms in total. The van der Waals surface area contributed by atoms with Gasteiger partial charge in [-0.25, -0.2) is 14.4 Å². The number of benzene rings is 2. The van der Waals surface area contributed by atoms with Crippen molar-refractivity contribution >= 4 is 22.8 Å². The van der Waals surface area contributed by atoms with Crippen LogP contribution in [0.1, 0.15) is 12.1 Å². The molecule has 1 aliphatic rings. The Balaban J connectivity index is 1.51. The van der Waals surface area contributed by atoms with Gasteiger partial charge in [0.05, 0.1) is 5.39 Å². The summed E-state index contributed by atoms with van der Waals surface area (Å²) in [6.07, 6.45) is 4.29. The Labute approximate surface area is 189 Å². The van der Waals surface area contributed by atoms with Gasteiger partial charge in [0, 0.05) is 23.8 Å². The number of ether oxygens (including phenoxy) is 1. The number of hydrogen-bond donors (Lipinski definition) is 2. The minimum Gasteiger partial charge on any atom is -0.457 e. The summed E-state index contributed by atoms with van der Waals surface area (Å²) in [7, 11) is 0. The molecule has 0 fully saturated rings. The van der Waals surface area contributed by atoms with E-state index in [1.54, 1.807) is 12.1 Å². The van der Waals surface area contributed by atoms with Crippen LogP contribution < -0.4 is 15.8 Å². The molecule has 8 heteroatoms. The van der Waals surface area contributed by atoms with Gasteiger partial charge < -0.3 is 20.4 Å². The number of carbonyl (C=O) groups excluding carboxylic acids is 1. The standard InChI is InChI=1S/C25H22FN5O2/c1-2-21(32)30-17-7-12-20-22(23-24(27)28-14-29-25(23)31(20)13-17)15-3-8-18(9-4-15)33-19-10-5-16(26)6-11-19/h2-6,8-11,14,17H,1,7,12-13H2,(H,30,32)(H2,27,28,29). The highest BCUT2D eigenvalue weighted by atomic mass is 19.1. The number of nitrogens with zero attached hydrogens (tertiary/aromatic N) is 3. The molecule has 1 aliphatic heterocycles. The van der Waals surface area contributed by atoms with E-state index in [4.69, 9.17) is 10.5 Å². The van der Waals surface area contributed by atoms with Crippen molar-refractivity contribution in [3.8, 4) is 22.6 Å². The van der Waals surface area contributed by atoms with Crippen molar-refractivity contribution in [2.75, 3.05) is 5.73 Å². The quantitative estimate of drug-likeness (QED) is 0.450. The molecule has 0 bridgehead atoms. The SMILES string of the molecule is C=CC(=O)NC1CCc2c(-c3ccc(Oc4ccc(F)cc4)cc3)c3c(N)ncnc3n2C1. The average molecular weight is 443 g/mol. The van der Waals surface area contributed by atoms with Crippen LogP contribution >= 0.6 is 0 Å². The lowest BCUT2D eigenvalue weighted by atomic mass is 9.97. The monoisotopic (exact) mass is 443 g/mol. The zero-order chi connectivity index (χ0) is 22.9. The van der Waals surface area contributed by atoms with Gasteiger partial charge >= 0.3 is 0 Å². The summed E-state index contributed by atoms with van der Waals surface area (Å²) in [6.45, 7) is 4.12. The number of rotatable bonds is 5. The number of fused-ring (bicyclic) bond motifs is 3. The molecule has 0 radical (unpaired) electrons. The first-order valence-electron chi connectivity index (χ1n) is 10.6. The largest absolute Gasteiger partial charge is 0.457 e. The third-order valence-electron chi connectivity index (χ3n) is 5.83. The van der Waals surface area contributed by atoms with Crippen molar-refractivity contribution in [2.24, 2.45) is 0 Å². The smallest absolute Gasteiger partial charge is 0.243 e. The Morgan fingerprint density at radius 2 is 1.85 bits per heavy atom. The first-order valence-corrected chi connectivity index (χ1v) is 10.6. The van der Waals surface area contributed by atoms with Crippen LogP contribution in [0.3, 0.4) is 0 Å². The number of anilines is 1. The van der Waals surface area contributed by atoms with E-state index in [0.717, 1.165) is 40.7 Å². The number of amides is 1. The van der Waals surface area contributed by atoms with Crippen molar-refractivity contribution in [3.05, 3.63) is 79.0 Å². The second-order valence-electron chi connectivity index (χ2n) is 7.92. The fraction of sp³-hybridized carbons (Fsp3) is 0.160. The summed E-state index contributed by atoms with van der Waals surface area (Å²) in [5.41, 5.74) is 10.1. The predicted molar refractivity (Wildman–Crippen MR) is 124 cm³/mol. The molecule has 166 valence electrons. The van der Waals surface area contributed by atoms with Gasteiger partial charge in [0.2, 0.25) is 5.91 Å². The van der Waals surface area contributed by atoms with E-state index in [2.05, 4.69) is 26.4 Å². The maximum Gasteiger partial charge on any atom is 0.243 e. The molecule has 3 heterocycles. The fourth-order valence-electron chi connectivity index (χ4n) is 4.34. The van der Waals surface area contributed by atoms with Crippen LogP contribution in [0.25, 0.3) is 22.2 Å². The van der Waals surface area contributed by atoms with Crippen LogP contribution in [0.5, 0.6) is 11.5 Å². The molecule has 1 unspecified atom stereocenters. The van der Waals surface area contributed by atoms with Gasteiger partial charge in [0.15, 0.2) is 0 Å². The van der Waals surface area contributed by atoms with E-state index in [1.807, 2.05) is 24.3 Å². The zero-order valence-electron chi connectivity index (χ0n) is 17.8. The highest BCUT2D eigenvalue weighted by Gasteiger charge is 2.28. The molecule has 5 rings (SSSR count). The molecule has 33 heavy (non-hydrogen) atoms. The van der Waals surface area contributed by atoms with Crippen LogP contribution in [0, 0.1) is 5.82 Å². The minimum absolute atomic E-state index is 0.0193. The van der Waals surface area contributed by atoms with Gasteiger partial charge in [-0.3, -0.25) is 4.79 Å². The predicted octanol–water partition coefficient (Wildman–Crippen LogP) is 4.23. The molecule has 3 N–H and O–H groups in total. The molecule has 2 aromatic carbocycles. The number of nitrogen functional groups attached to an aromatic ring is 1. The van der Waals surface area contributed by atoms with Crippen LogP contribution in [-0.2, 0) is 17.8 Å². The van der Waals surface area contributed by atoms with Crippen molar-refractivity contribution in [1.29, 1.82) is 0 Å². The maximum atomic E-state index is 13.1. The first-order chi connectivity index (χ1) is 16.0. The number of halogens is 1. The zero-order valence-corrected chi connectivity index (χ0v) is 17.8. The van der Waals surface area contributed by atoms with E-state index in [1.165, 1.54) is 24.5 Å². The number of aromatic nitrogens is 3. The molecule has 0 saturated heterocycles. The Kier molecular flexibility index (Phi) is 5.26. The summed E-state index contributed by atoms with van der Waals surface area (Å²) >= 11 is 0. The van der Waals surface area contributed by atoms with Gasteiger partial charge in [-0.1, -0.05) is 18.7 Å².